The van der Waals surface area contributed by atoms with Crippen molar-refractivity contribution in [3.05, 3.63) is 53.6 Å². The third-order valence-electron chi connectivity index (χ3n) is 4.62. The van der Waals surface area contributed by atoms with Crippen LogP contribution in [0.15, 0.2) is 42.5 Å². The zero-order valence-electron chi connectivity index (χ0n) is 16.6. The SMILES string of the molecule is CN(C)CCNCc1cccc(-c2ccc3c(C(N)=O)c(NC(N)=O)[nH]c3c2)c1. The molecular formula is C21H26N6O2. The fourth-order valence-corrected chi connectivity index (χ4v) is 3.25. The van der Waals surface area contributed by atoms with E-state index >= 15 is 0 Å². The molecule has 0 atom stereocenters. The summed E-state index contributed by atoms with van der Waals surface area (Å²) in [5, 5.41) is 6.48. The Hall–Kier alpha value is -3.36. The first kappa shape index (κ1) is 20.4. The highest BCUT2D eigenvalue weighted by atomic mass is 16.2. The molecule has 7 N–H and O–H groups in total. The van der Waals surface area contributed by atoms with Crippen LogP contribution in [0.2, 0.25) is 0 Å². The van der Waals surface area contributed by atoms with Crippen LogP contribution in [0, 0.1) is 0 Å². The Balaban J connectivity index is 1.87. The van der Waals surface area contributed by atoms with Crippen molar-refractivity contribution in [3.63, 3.8) is 0 Å². The van der Waals surface area contributed by atoms with E-state index < -0.39 is 11.9 Å². The van der Waals surface area contributed by atoms with E-state index in [2.05, 4.69) is 32.7 Å². The molecule has 1 heterocycles. The van der Waals surface area contributed by atoms with Crippen molar-refractivity contribution in [1.82, 2.24) is 15.2 Å². The minimum Gasteiger partial charge on any atom is -0.365 e. The number of primary amides is 2. The highest BCUT2D eigenvalue weighted by Crippen LogP contribution is 2.30. The molecule has 0 aliphatic carbocycles. The molecule has 0 saturated heterocycles. The molecule has 0 unspecified atom stereocenters. The highest BCUT2D eigenvalue weighted by molar-refractivity contribution is 6.13. The number of carbonyl (C=O) groups excluding carboxylic acids is 2. The van der Waals surface area contributed by atoms with E-state index in [9.17, 15) is 9.59 Å². The first-order valence-corrected chi connectivity index (χ1v) is 9.32. The first-order chi connectivity index (χ1) is 13.8. The van der Waals surface area contributed by atoms with E-state index in [1.54, 1.807) is 0 Å². The Kier molecular flexibility index (Phi) is 6.16. The summed E-state index contributed by atoms with van der Waals surface area (Å²) in [6.45, 7) is 2.68. The number of nitrogens with two attached hydrogens (primary N) is 2. The molecule has 152 valence electrons. The van der Waals surface area contributed by atoms with Gasteiger partial charge in [-0.2, -0.15) is 0 Å². The maximum Gasteiger partial charge on any atom is 0.317 e. The summed E-state index contributed by atoms with van der Waals surface area (Å²) in [6.07, 6.45) is 0. The van der Waals surface area contributed by atoms with E-state index in [1.807, 2.05) is 44.4 Å². The number of aromatic amines is 1. The van der Waals surface area contributed by atoms with Crippen molar-refractivity contribution < 1.29 is 9.59 Å². The van der Waals surface area contributed by atoms with E-state index in [1.165, 1.54) is 5.56 Å². The van der Waals surface area contributed by atoms with Crippen molar-refractivity contribution in [1.29, 1.82) is 0 Å². The molecule has 0 radical (unpaired) electrons. The molecule has 0 spiro atoms. The third kappa shape index (κ3) is 4.92. The Morgan fingerprint density at radius 3 is 2.52 bits per heavy atom. The lowest BCUT2D eigenvalue weighted by molar-refractivity contribution is 0.100. The van der Waals surface area contributed by atoms with Crippen molar-refractivity contribution in [2.45, 2.75) is 6.54 Å². The standard InChI is InChI=1S/C21H26N6O2/c1-27(2)9-8-24-12-13-4-3-5-14(10-13)15-6-7-16-17(11-15)25-20(26-21(23)29)18(16)19(22)28/h3-7,10-11,24-25H,8-9,12H2,1-2H3,(H2,22,28)(H3,23,26,29). The van der Waals surface area contributed by atoms with Gasteiger partial charge in [0.05, 0.1) is 5.56 Å². The van der Waals surface area contributed by atoms with Crippen LogP contribution in [0.25, 0.3) is 22.0 Å². The second-order valence-electron chi connectivity index (χ2n) is 7.17. The van der Waals surface area contributed by atoms with Gasteiger partial charge >= 0.3 is 6.03 Å². The predicted octanol–water partition coefficient (Wildman–Crippen LogP) is 2.08. The molecule has 3 aromatic rings. The molecule has 29 heavy (non-hydrogen) atoms. The molecule has 0 saturated carbocycles. The van der Waals surface area contributed by atoms with Crippen LogP contribution < -0.4 is 22.1 Å². The molecule has 0 aliphatic heterocycles. The molecular weight excluding hydrogens is 368 g/mol. The smallest absolute Gasteiger partial charge is 0.317 e. The Morgan fingerprint density at radius 2 is 1.83 bits per heavy atom. The lowest BCUT2D eigenvalue weighted by atomic mass is 10.0. The van der Waals surface area contributed by atoms with E-state index in [0.29, 0.717) is 10.9 Å². The van der Waals surface area contributed by atoms with Gasteiger partial charge in [-0.15, -0.1) is 0 Å². The molecule has 8 heteroatoms. The number of H-pyrrole nitrogens is 1. The van der Waals surface area contributed by atoms with Crippen LogP contribution in [0.3, 0.4) is 0 Å². The summed E-state index contributed by atoms with van der Waals surface area (Å²) in [4.78, 5) is 28.2. The van der Waals surface area contributed by atoms with E-state index in [0.717, 1.165) is 30.8 Å². The highest BCUT2D eigenvalue weighted by Gasteiger charge is 2.17. The lowest BCUT2D eigenvalue weighted by Gasteiger charge is -2.11. The number of aromatic nitrogens is 1. The Labute approximate surface area is 169 Å². The molecule has 8 nitrogen and oxygen atoms in total. The topological polar surface area (TPSA) is 129 Å². The van der Waals surface area contributed by atoms with Gasteiger partial charge in [-0.1, -0.05) is 30.3 Å². The number of nitrogens with zero attached hydrogens (tertiary/aromatic N) is 1. The van der Waals surface area contributed by atoms with Crippen molar-refractivity contribution in [3.8, 4) is 11.1 Å². The van der Waals surface area contributed by atoms with Gasteiger partial charge in [-0.25, -0.2) is 4.79 Å². The van der Waals surface area contributed by atoms with Crippen LogP contribution >= 0.6 is 0 Å². The van der Waals surface area contributed by atoms with Gasteiger partial charge in [0.2, 0.25) is 0 Å². The van der Waals surface area contributed by atoms with Crippen molar-refractivity contribution >= 4 is 28.7 Å². The second-order valence-corrected chi connectivity index (χ2v) is 7.17. The summed E-state index contributed by atoms with van der Waals surface area (Å²) in [6, 6.07) is 13.2. The number of benzene rings is 2. The number of nitrogens with one attached hydrogen (secondary N) is 3. The van der Waals surface area contributed by atoms with Gasteiger partial charge in [0.1, 0.15) is 5.82 Å². The summed E-state index contributed by atoms with van der Waals surface area (Å²) in [5.41, 5.74) is 14.8. The van der Waals surface area contributed by atoms with E-state index in [-0.39, 0.29) is 11.4 Å². The Morgan fingerprint density at radius 1 is 1.07 bits per heavy atom. The van der Waals surface area contributed by atoms with Crippen LogP contribution in [0.1, 0.15) is 15.9 Å². The number of fused-ring (bicyclic) bond motifs is 1. The van der Waals surface area contributed by atoms with E-state index in [4.69, 9.17) is 11.5 Å². The van der Waals surface area contributed by atoms with Gasteiger partial charge in [0.15, 0.2) is 0 Å². The molecule has 1 aromatic heterocycles. The van der Waals surface area contributed by atoms with Crippen LogP contribution in [-0.2, 0) is 6.54 Å². The molecule has 0 aliphatic rings. The van der Waals surface area contributed by atoms with Crippen LogP contribution in [0.5, 0.6) is 0 Å². The Bertz CT molecular complexity index is 1040. The minimum atomic E-state index is -0.770. The van der Waals surface area contributed by atoms with Gasteiger partial charge in [-0.05, 0) is 42.9 Å². The second kappa shape index (κ2) is 8.76. The number of urea groups is 1. The maximum atomic E-state index is 11.8. The summed E-state index contributed by atoms with van der Waals surface area (Å²) in [5.74, 6) is -0.436. The number of anilines is 1. The van der Waals surface area contributed by atoms with Gasteiger partial charge in [-0.3, -0.25) is 10.1 Å². The predicted molar refractivity (Wildman–Crippen MR) is 116 cm³/mol. The number of hydrogen-bond donors (Lipinski definition) is 5. The summed E-state index contributed by atoms with van der Waals surface area (Å²) >= 11 is 0. The average molecular weight is 394 g/mol. The summed E-state index contributed by atoms with van der Waals surface area (Å²) in [7, 11) is 4.10. The largest absolute Gasteiger partial charge is 0.365 e. The lowest BCUT2D eigenvalue weighted by Crippen LogP contribution is -2.26. The zero-order chi connectivity index (χ0) is 21.0. The number of likely N-dealkylation sites (N-methyl/N-ethyl adjacent to an activating group) is 1. The molecule has 2 aromatic carbocycles. The van der Waals surface area contributed by atoms with Crippen molar-refractivity contribution in [2.75, 3.05) is 32.5 Å². The molecule has 3 rings (SSSR count). The average Bonchev–Trinajstić information content (AvgIpc) is 3.01. The summed E-state index contributed by atoms with van der Waals surface area (Å²) < 4.78 is 0. The molecule has 0 bridgehead atoms. The molecule has 3 amide bonds. The fraction of sp³-hybridized carbons (Fsp3) is 0.238. The fourth-order valence-electron chi connectivity index (χ4n) is 3.25. The zero-order valence-corrected chi connectivity index (χ0v) is 16.6. The number of carbonyl (C=O) groups is 2. The van der Waals surface area contributed by atoms with Gasteiger partial charge in [0, 0.05) is 30.5 Å². The minimum absolute atomic E-state index is 0.205. The van der Waals surface area contributed by atoms with Crippen LogP contribution in [-0.4, -0.2) is 49.0 Å². The monoisotopic (exact) mass is 394 g/mol. The van der Waals surface area contributed by atoms with Gasteiger partial charge < -0.3 is 26.7 Å². The molecule has 0 fully saturated rings. The normalized spacial score (nSPS) is 11.1. The number of amides is 3. The van der Waals surface area contributed by atoms with Gasteiger partial charge in [0.25, 0.3) is 5.91 Å². The van der Waals surface area contributed by atoms with Crippen LogP contribution in [0.4, 0.5) is 10.6 Å². The number of rotatable bonds is 8. The number of hydrogen-bond acceptors (Lipinski definition) is 4. The van der Waals surface area contributed by atoms with Crippen molar-refractivity contribution in [2.24, 2.45) is 11.5 Å². The third-order valence-corrected chi connectivity index (χ3v) is 4.62. The quantitative estimate of drug-likeness (QED) is 0.375. The first-order valence-electron chi connectivity index (χ1n) is 9.32. The maximum absolute atomic E-state index is 11.8.